The fraction of sp³-hybridized carbons (Fsp3) is 0.933. The predicted octanol–water partition coefficient (Wildman–Crippen LogP) is 2.86. The minimum Gasteiger partial charge on any atom is -0.360 e. The van der Waals surface area contributed by atoms with E-state index in [1.165, 1.54) is 62.5 Å². The summed E-state index contributed by atoms with van der Waals surface area (Å²) in [5, 5.41) is 4.90. The largest absolute Gasteiger partial charge is 0.360 e. The van der Waals surface area contributed by atoms with Gasteiger partial charge < -0.3 is 10.2 Å². The highest BCUT2D eigenvalue weighted by Gasteiger charge is 2.33. The van der Waals surface area contributed by atoms with Crippen molar-refractivity contribution in [3.05, 3.63) is 0 Å². The standard InChI is InChI=1S/C15H27N3S/c1-3-15(2)7-10-19-14(17-15)16-12-6-9-18-8-4-5-13(18)11-12/h12-13H,3-11H2,1-2H3,(H,16,17). The Bertz CT molecular complexity index is 357. The smallest absolute Gasteiger partial charge is 0.157 e. The van der Waals surface area contributed by atoms with Crippen LogP contribution in [0.1, 0.15) is 52.4 Å². The van der Waals surface area contributed by atoms with E-state index in [4.69, 9.17) is 4.99 Å². The zero-order chi connectivity index (χ0) is 13.3. The molecule has 0 radical (unpaired) electrons. The van der Waals surface area contributed by atoms with Crippen molar-refractivity contribution in [3.63, 3.8) is 0 Å². The third-order valence-electron chi connectivity index (χ3n) is 5.17. The van der Waals surface area contributed by atoms with Gasteiger partial charge in [0, 0.05) is 23.9 Å². The van der Waals surface area contributed by atoms with Crippen molar-refractivity contribution >= 4 is 16.9 Å². The molecule has 0 spiro atoms. The second-order valence-corrected chi connectivity index (χ2v) is 7.67. The second-order valence-electron chi connectivity index (χ2n) is 6.58. The molecule has 0 saturated carbocycles. The van der Waals surface area contributed by atoms with E-state index < -0.39 is 0 Å². The normalized spacial score (nSPS) is 42.1. The van der Waals surface area contributed by atoms with Gasteiger partial charge in [-0.05, 0) is 52.0 Å². The number of hydrogen-bond acceptors (Lipinski definition) is 3. The van der Waals surface area contributed by atoms with Crippen LogP contribution in [0.5, 0.6) is 0 Å². The number of thioether (sulfide) groups is 1. The Morgan fingerprint density at radius 1 is 1.42 bits per heavy atom. The average Bonchev–Trinajstić information content (AvgIpc) is 2.86. The summed E-state index contributed by atoms with van der Waals surface area (Å²) in [5.41, 5.74) is 0.276. The minimum absolute atomic E-state index is 0.276. The summed E-state index contributed by atoms with van der Waals surface area (Å²) in [5.74, 6) is 1.22. The third kappa shape index (κ3) is 3.10. The van der Waals surface area contributed by atoms with Gasteiger partial charge in [-0.3, -0.25) is 4.99 Å². The molecular formula is C15H27N3S. The maximum Gasteiger partial charge on any atom is 0.157 e. The van der Waals surface area contributed by atoms with E-state index in [1.807, 2.05) is 11.8 Å². The number of aliphatic imine (C=N–C) groups is 1. The molecule has 0 aromatic carbocycles. The quantitative estimate of drug-likeness (QED) is 0.843. The van der Waals surface area contributed by atoms with Crippen LogP contribution in [0.2, 0.25) is 0 Å². The second kappa shape index (κ2) is 5.65. The van der Waals surface area contributed by atoms with Gasteiger partial charge in [-0.15, -0.1) is 0 Å². The van der Waals surface area contributed by atoms with Crippen LogP contribution in [-0.2, 0) is 0 Å². The zero-order valence-electron chi connectivity index (χ0n) is 12.3. The van der Waals surface area contributed by atoms with Crippen molar-refractivity contribution in [2.75, 3.05) is 18.8 Å². The van der Waals surface area contributed by atoms with Crippen molar-refractivity contribution in [3.8, 4) is 0 Å². The summed E-state index contributed by atoms with van der Waals surface area (Å²) in [6.07, 6.45) is 7.78. The maximum atomic E-state index is 5.04. The van der Waals surface area contributed by atoms with Gasteiger partial charge in [0.25, 0.3) is 0 Å². The van der Waals surface area contributed by atoms with Crippen LogP contribution in [0.3, 0.4) is 0 Å². The molecule has 19 heavy (non-hydrogen) atoms. The lowest BCUT2D eigenvalue weighted by Crippen LogP contribution is -2.49. The van der Waals surface area contributed by atoms with Crippen LogP contribution in [0, 0.1) is 0 Å². The van der Waals surface area contributed by atoms with Gasteiger partial charge in [0.1, 0.15) is 0 Å². The van der Waals surface area contributed by atoms with Gasteiger partial charge in [0.15, 0.2) is 5.17 Å². The van der Waals surface area contributed by atoms with E-state index in [9.17, 15) is 0 Å². The monoisotopic (exact) mass is 281 g/mol. The molecule has 4 heteroatoms. The van der Waals surface area contributed by atoms with Crippen molar-refractivity contribution in [2.45, 2.75) is 70.0 Å². The summed E-state index contributed by atoms with van der Waals surface area (Å²) in [4.78, 5) is 7.72. The summed E-state index contributed by atoms with van der Waals surface area (Å²) in [6.45, 7) is 7.20. The lowest BCUT2D eigenvalue weighted by molar-refractivity contribution is 0.182. The summed E-state index contributed by atoms with van der Waals surface area (Å²) >= 11 is 1.93. The molecule has 3 atom stereocenters. The van der Waals surface area contributed by atoms with Crippen LogP contribution in [-0.4, -0.2) is 46.5 Å². The molecule has 3 aliphatic rings. The lowest BCUT2D eigenvalue weighted by Gasteiger charge is -2.37. The highest BCUT2D eigenvalue weighted by molar-refractivity contribution is 8.13. The molecule has 0 aromatic rings. The number of rotatable bonds is 2. The molecule has 1 N–H and O–H groups in total. The first-order valence-electron chi connectivity index (χ1n) is 7.91. The van der Waals surface area contributed by atoms with Crippen molar-refractivity contribution in [2.24, 2.45) is 4.99 Å². The zero-order valence-corrected chi connectivity index (χ0v) is 13.1. The predicted molar refractivity (Wildman–Crippen MR) is 84.0 cm³/mol. The minimum atomic E-state index is 0.276. The van der Waals surface area contributed by atoms with E-state index in [1.54, 1.807) is 0 Å². The molecule has 3 rings (SSSR count). The van der Waals surface area contributed by atoms with Gasteiger partial charge in [-0.2, -0.15) is 0 Å². The fourth-order valence-corrected chi connectivity index (χ4v) is 4.84. The van der Waals surface area contributed by atoms with Crippen molar-refractivity contribution in [1.29, 1.82) is 0 Å². The highest BCUT2D eigenvalue weighted by Crippen LogP contribution is 2.30. The summed E-state index contributed by atoms with van der Waals surface area (Å²) in [7, 11) is 0. The van der Waals surface area contributed by atoms with Crippen LogP contribution in [0.25, 0.3) is 0 Å². The van der Waals surface area contributed by atoms with Crippen LogP contribution >= 0.6 is 11.8 Å². The summed E-state index contributed by atoms with van der Waals surface area (Å²) < 4.78 is 0. The van der Waals surface area contributed by atoms with E-state index in [-0.39, 0.29) is 5.54 Å². The molecule has 3 saturated heterocycles. The topological polar surface area (TPSA) is 27.6 Å². The van der Waals surface area contributed by atoms with Gasteiger partial charge in [0.2, 0.25) is 0 Å². The molecule has 3 fully saturated rings. The van der Waals surface area contributed by atoms with E-state index in [0.29, 0.717) is 6.04 Å². The van der Waals surface area contributed by atoms with Crippen molar-refractivity contribution < 1.29 is 0 Å². The first-order valence-corrected chi connectivity index (χ1v) is 8.90. The molecule has 0 aromatic heterocycles. The molecule has 3 heterocycles. The number of fused-ring (bicyclic) bond motifs is 1. The van der Waals surface area contributed by atoms with Gasteiger partial charge in [-0.1, -0.05) is 18.7 Å². The number of nitrogens with one attached hydrogen (secondary N) is 1. The number of hydrogen-bond donors (Lipinski definition) is 1. The molecule has 0 bridgehead atoms. The van der Waals surface area contributed by atoms with Gasteiger partial charge in [-0.25, -0.2) is 0 Å². The summed E-state index contributed by atoms with van der Waals surface area (Å²) in [6, 6.07) is 1.39. The molecular weight excluding hydrogens is 254 g/mol. The maximum absolute atomic E-state index is 5.04. The van der Waals surface area contributed by atoms with Crippen LogP contribution < -0.4 is 5.32 Å². The van der Waals surface area contributed by atoms with Crippen LogP contribution in [0.15, 0.2) is 4.99 Å². The molecule has 3 aliphatic heterocycles. The molecule has 0 aliphatic carbocycles. The van der Waals surface area contributed by atoms with E-state index in [2.05, 4.69) is 24.1 Å². The molecule has 3 nitrogen and oxygen atoms in total. The molecule has 0 amide bonds. The first-order chi connectivity index (χ1) is 9.18. The Hall–Kier alpha value is -0.220. The third-order valence-corrected chi connectivity index (χ3v) is 6.06. The Morgan fingerprint density at radius 2 is 2.32 bits per heavy atom. The lowest BCUT2D eigenvalue weighted by atomic mass is 9.95. The Labute approximate surface area is 121 Å². The van der Waals surface area contributed by atoms with Gasteiger partial charge >= 0.3 is 0 Å². The fourth-order valence-electron chi connectivity index (χ4n) is 3.55. The first kappa shape index (κ1) is 13.7. The molecule has 3 unspecified atom stereocenters. The SMILES string of the molecule is CCC1(C)CCSC(=NC2CCN3CCCC3C2)N1. The number of piperidine rings is 1. The van der Waals surface area contributed by atoms with Crippen LogP contribution in [0.4, 0.5) is 0 Å². The van der Waals surface area contributed by atoms with E-state index >= 15 is 0 Å². The Kier molecular flexibility index (Phi) is 4.08. The Morgan fingerprint density at radius 3 is 3.16 bits per heavy atom. The number of nitrogens with zero attached hydrogens (tertiary/aromatic N) is 2. The Balaban J connectivity index is 1.61. The molecule has 108 valence electrons. The average molecular weight is 281 g/mol. The van der Waals surface area contributed by atoms with Crippen molar-refractivity contribution in [1.82, 2.24) is 10.2 Å². The van der Waals surface area contributed by atoms with E-state index in [0.717, 1.165) is 6.04 Å². The highest BCUT2D eigenvalue weighted by atomic mass is 32.2. The number of amidine groups is 1. The van der Waals surface area contributed by atoms with Gasteiger partial charge in [0.05, 0.1) is 6.04 Å².